The molecule has 0 N–H and O–H groups in total. The largest absolute Gasteiger partial charge is 0.406 e. The lowest BCUT2D eigenvalue weighted by atomic mass is 10.1. The van der Waals surface area contributed by atoms with Gasteiger partial charge in [0.2, 0.25) is 0 Å². The van der Waals surface area contributed by atoms with Crippen LogP contribution in [0.3, 0.4) is 0 Å². The van der Waals surface area contributed by atoms with Gasteiger partial charge in [0.05, 0.1) is 17.4 Å². The monoisotopic (exact) mass is 390 g/mol. The van der Waals surface area contributed by atoms with Crippen LogP contribution in [-0.2, 0) is 13.1 Å². The normalized spacial score (nSPS) is 11.7. The van der Waals surface area contributed by atoms with E-state index in [4.69, 9.17) is 0 Å². The average Bonchev–Trinajstić information content (AvgIpc) is 2.67. The van der Waals surface area contributed by atoms with Crippen molar-refractivity contribution in [1.29, 1.82) is 0 Å². The quantitative estimate of drug-likeness (QED) is 0.628. The molecule has 0 amide bonds. The maximum atomic E-state index is 12.9. The minimum absolute atomic E-state index is 0.0297. The molecule has 0 aliphatic rings. The Kier molecular flexibility index (Phi) is 5.22. The van der Waals surface area contributed by atoms with Crippen LogP contribution in [0.25, 0.3) is 10.9 Å². The van der Waals surface area contributed by atoms with E-state index < -0.39 is 24.0 Å². The number of alkyl halides is 3. The highest BCUT2D eigenvalue weighted by atomic mass is 19.4. The second-order valence-electron chi connectivity index (χ2n) is 6.37. The number of hydrogen-bond donors (Lipinski definition) is 0. The molecule has 1 heterocycles. The maximum Gasteiger partial charge on any atom is 0.406 e. The first kappa shape index (κ1) is 19.6. The first-order valence-corrected chi connectivity index (χ1v) is 8.62. The Morgan fingerprint density at radius 1 is 0.964 bits per heavy atom. The smallest absolute Gasteiger partial charge is 0.294 e. The lowest BCUT2D eigenvalue weighted by Gasteiger charge is -2.15. The average molecular weight is 390 g/mol. The topological polar surface area (TPSA) is 61.1 Å². The van der Waals surface area contributed by atoms with Crippen LogP contribution in [0.15, 0.2) is 58.1 Å². The summed E-state index contributed by atoms with van der Waals surface area (Å²) in [4.78, 5) is 36.8. The third-order valence-corrected chi connectivity index (χ3v) is 4.41. The van der Waals surface area contributed by atoms with E-state index >= 15 is 0 Å². The number of ketones is 1. The maximum absolute atomic E-state index is 12.9. The Labute approximate surface area is 157 Å². The Bertz CT molecular complexity index is 1140. The van der Waals surface area contributed by atoms with Crippen molar-refractivity contribution in [2.45, 2.75) is 32.6 Å². The van der Waals surface area contributed by atoms with Crippen molar-refractivity contribution in [2.24, 2.45) is 0 Å². The van der Waals surface area contributed by atoms with Crippen LogP contribution in [0.5, 0.6) is 0 Å². The number of nitrogens with zero attached hydrogens (tertiary/aromatic N) is 2. The molecule has 0 radical (unpaired) electrons. The number of hydrogen-bond acceptors (Lipinski definition) is 3. The summed E-state index contributed by atoms with van der Waals surface area (Å²) >= 11 is 0. The number of aromatic nitrogens is 2. The van der Waals surface area contributed by atoms with Gasteiger partial charge >= 0.3 is 11.9 Å². The van der Waals surface area contributed by atoms with E-state index in [0.29, 0.717) is 17.5 Å². The second-order valence-corrected chi connectivity index (χ2v) is 6.37. The predicted octanol–water partition coefficient (Wildman–Crippen LogP) is 3.37. The van der Waals surface area contributed by atoms with Gasteiger partial charge < -0.3 is 0 Å². The van der Waals surface area contributed by atoms with Crippen molar-refractivity contribution < 1.29 is 18.0 Å². The molecule has 1 aromatic heterocycles. The van der Waals surface area contributed by atoms with Crippen molar-refractivity contribution in [2.75, 3.05) is 0 Å². The summed E-state index contributed by atoms with van der Waals surface area (Å²) in [7, 11) is 0. The van der Waals surface area contributed by atoms with E-state index in [2.05, 4.69) is 0 Å². The van der Waals surface area contributed by atoms with Crippen LogP contribution in [0.2, 0.25) is 0 Å². The zero-order valence-electron chi connectivity index (χ0n) is 15.0. The highest BCUT2D eigenvalue weighted by Crippen LogP contribution is 2.17. The molecular formula is C20H17F3N2O3. The number of carbonyl (C=O) groups excluding carboxylic acids is 1. The molecule has 2 aromatic carbocycles. The highest BCUT2D eigenvalue weighted by molar-refractivity contribution is 5.95. The molecule has 0 fully saturated rings. The van der Waals surface area contributed by atoms with Crippen LogP contribution >= 0.6 is 0 Å². The van der Waals surface area contributed by atoms with E-state index in [0.717, 1.165) is 4.57 Å². The Hall–Kier alpha value is -3.16. The van der Waals surface area contributed by atoms with Crippen LogP contribution < -0.4 is 11.2 Å². The Morgan fingerprint density at radius 3 is 2.21 bits per heavy atom. The van der Waals surface area contributed by atoms with Gasteiger partial charge in [-0.05, 0) is 17.7 Å². The van der Waals surface area contributed by atoms with Gasteiger partial charge in [-0.1, -0.05) is 43.3 Å². The van der Waals surface area contributed by atoms with Crippen molar-refractivity contribution >= 4 is 16.7 Å². The van der Waals surface area contributed by atoms with Crippen LogP contribution in [0, 0.1) is 0 Å². The number of benzene rings is 2. The molecule has 0 saturated carbocycles. The number of fused-ring (bicyclic) bond motifs is 1. The molecule has 0 saturated heterocycles. The number of rotatable bonds is 5. The lowest BCUT2D eigenvalue weighted by Crippen LogP contribution is -2.43. The fourth-order valence-electron chi connectivity index (χ4n) is 3.03. The van der Waals surface area contributed by atoms with Crippen molar-refractivity contribution in [3.8, 4) is 0 Å². The standard InChI is InChI=1S/C20H17F3N2O3/c1-2-17(26)14-9-7-13(8-10-14)11-24-16-6-4-3-5-15(16)18(27)25(19(24)28)12-20(21,22)23/h3-10H,2,11-12H2,1H3. The first-order chi connectivity index (χ1) is 13.2. The molecule has 0 spiro atoms. The molecule has 0 unspecified atom stereocenters. The molecule has 28 heavy (non-hydrogen) atoms. The van der Waals surface area contributed by atoms with Crippen LogP contribution in [-0.4, -0.2) is 21.1 Å². The van der Waals surface area contributed by atoms with E-state index in [1.165, 1.54) is 18.2 Å². The van der Waals surface area contributed by atoms with Crippen molar-refractivity contribution in [1.82, 2.24) is 9.13 Å². The van der Waals surface area contributed by atoms with Crippen molar-refractivity contribution in [3.63, 3.8) is 0 Å². The SMILES string of the molecule is CCC(=O)c1ccc(Cn2c(=O)n(CC(F)(F)F)c(=O)c3ccccc32)cc1. The Balaban J connectivity index is 2.13. The number of para-hydroxylation sites is 1. The summed E-state index contributed by atoms with van der Waals surface area (Å²) in [6.07, 6.45) is -4.35. The van der Waals surface area contributed by atoms with E-state index in [1.54, 1.807) is 37.3 Å². The molecule has 8 heteroatoms. The number of halogens is 3. The molecule has 0 atom stereocenters. The number of Topliss-reactive ketones (excluding diaryl/α,β-unsaturated/α-hetero) is 1. The summed E-state index contributed by atoms with van der Waals surface area (Å²) in [6, 6.07) is 12.6. The third-order valence-electron chi connectivity index (χ3n) is 4.41. The molecular weight excluding hydrogens is 373 g/mol. The molecule has 0 aliphatic heterocycles. The van der Waals surface area contributed by atoms with E-state index in [-0.39, 0.29) is 27.8 Å². The van der Waals surface area contributed by atoms with Gasteiger partial charge in [-0.2, -0.15) is 13.2 Å². The minimum atomic E-state index is -4.70. The molecule has 5 nitrogen and oxygen atoms in total. The van der Waals surface area contributed by atoms with Gasteiger partial charge in [-0.25, -0.2) is 4.79 Å². The van der Waals surface area contributed by atoms with Gasteiger partial charge in [0, 0.05) is 12.0 Å². The summed E-state index contributed by atoms with van der Waals surface area (Å²) in [5.74, 6) is -0.0344. The van der Waals surface area contributed by atoms with Gasteiger partial charge in [0.1, 0.15) is 6.54 Å². The van der Waals surface area contributed by atoms with Crippen LogP contribution in [0.4, 0.5) is 13.2 Å². The zero-order chi connectivity index (χ0) is 20.5. The van der Waals surface area contributed by atoms with Gasteiger partial charge in [0.15, 0.2) is 5.78 Å². The van der Waals surface area contributed by atoms with Gasteiger partial charge in [-0.15, -0.1) is 0 Å². The summed E-state index contributed by atoms with van der Waals surface area (Å²) in [5.41, 5.74) is -0.611. The molecule has 3 aromatic rings. The van der Waals surface area contributed by atoms with E-state index in [1.807, 2.05) is 0 Å². The van der Waals surface area contributed by atoms with Gasteiger partial charge in [-0.3, -0.25) is 18.7 Å². The Morgan fingerprint density at radius 2 is 1.61 bits per heavy atom. The lowest BCUT2D eigenvalue weighted by molar-refractivity contribution is -0.141. The fourth-order valence-corrected chi connectivity index (χ4v) is 3.03. The zero-order valence-corrected chi connectivity index (χ0v) is 15.0. The fraction of sp³-hybridized carbons (Fsp3) is 0.250. The first-order valence-electron chi connectivity index (χ1n) is 8.62. The van der Waals surface area contributed by atoms with E-state index in [9.17, 15) is 27.6 Å². The summed E-state index contributed by atoms with van der Waals surface area (Å²) in [5, 5.41) is 0.0316. The second kappa shape index (κ2) is 7.46. The molecule has 3 rings (SSSR count). The summed E-state index contributed by atoms with van der Waals surface area (Å²) < 4.78 is 40.0. The predicted molar refractivity (Wildman–Crippen MR) is 98.7 cm³/mol. The summed E-state index contributed by atoms with van der Waals surface area (Å²) in [6.45, 7) is 0.0589. The van der Waals surface area contributed by atoms with Gasteiger partial charge in [0.25, 0.3) is 5.56 Å². The molecule has 146 valence electrons. The molecule has 0 bridgehead atoms. The minimum Gasteiger partial charge on any atom is -0.294 e. The third kappa shape index (κ3) is 3.90. The highest BCUT2D eigenvalue weighted by Gasteiger charge is 2.30. The van der Waals surface area contributed by atoms with Crippen LogP contribution in [0.1, 0.15) is 29.3 Å². The molecule has 0 aliphatic carbocycles. The number of carbonyl (C=O) groups is 1. The van der Waals surface area contributed by atoms with Crippen molar-refractivity contribution in [3.05, 3.63) is 80.5 Å².